The van der Waals surface area contributed by atoms with Crippen molar-refractivity contribution in [1.82, 2.24) is 4.90 Å². The number of benzene rings is 1. The highest BCUT2D eigenvalue weighted by Crippen LogP contribution is 2.16. The third-order valence-electron chi connectivity index (χ3n) is 3.51. The van der Waals surface area contributed by atoms with Crippen LogP contribution in [0.1, 0.15) is 12.0 Å². The van der Waals surface area contributed by atoms with Gasteiger partial charge in [0.1, 0.15) is 5.82 Å². The zero-order valence-corrected chi connectivity index (χ0v) is 12.9. The molecule has 1 fully saturated rings. The molecule has 0 aromatic heterocycles. The predicted octanol–water partition coefficient (Wildman–Crippen LogP) is 0.822. The van der Waals surface area contributed by atoms with Gasteiger partial charge in [0, 0.05) is 18.7 Å². The van der Waals surface area contributed by atoms with Crippen LogP contribution in [-0.4, -0.2) is 56.6 Å². The zero-order valence-electron chi connectivity index (χ0n) is 12.1. The minimum Gasteiger partial charge on any atom is -0.386 e. The van der Waals surface area contributed by atoms with Gasteiger partial charge in [-0.05, 0) is 12.5 Å². The summed E-state index contributed by atoms with van der Waals surface area (Å²) >= 11 is 0. The summed E-state index contributed by atoms with van der Waals surface area (Å²) in [5, 5.41) is 3.55. The molecule has 2 rings (SSSR count). The van der Waals surface area contributed by atoms with Gasteiger partial charge >= 0.3 is 0 Å². The molecule has 120 valence electrons. The van der Waals surface area contributed by atoms with Crippen molar-refractivity contribution in [3.05, 3.63) is 35.6 Å². The van der Waals surface area contributed by atoms with Crippen LogP contribution in [0.25, 0.3) is 0 Å². The maximum absolute atomic E-state index is 13.3. The molecule has 1 aromatic carbocycles. The van der Waals surface area contributed by atoms with Gasteiger partial charge in [-0.1, -0.05) is 23.4 Å². The summed E-state index contributed by atoms with van der Waals surface area (Å²) in [7, 11) is -1.51. The van der Waals surface area contributed by atoms with Crippen LogP contribution in [0.15, 0.2) is 29.4 Å². The summed E-state index contributed by atoms with van der Waals surface area (Å²) in [6.45, 7) is -0.321. The van der Waals surface area contributed by atoms with Crippen LogP contribution in [0.3, 0.4) is 0 Å². The van der Waals surface area contributed by atoms with E-state index in [-0.39, 0.29) is 35.6 Å². The molecular formula is C14H17FN2O4S. The number of nitrogens with zero attached hydrogens (tertiary/aromatic N) is 2. The molecule has 0 radical (unpaired) electrons. The second-order valence-corrected chi connectivity index (χ2v) is 7.32. The number of oxime groups is 1. The van der Waals surface area contributed by atoms with Gasteiger partial charge in [-0.15, -0.1) is 0 Å². The largest absolute Gasteiger partial charge is 0.386 e. The molecule has 22 heavy (non-hydrogen) atoms. The molecule has 1 saturated heterocycles. The van der Waals surface area contributed by atoms with Crippen LogP contribution >= 0.6 is 0 Å². The number of sulfone groups is 1. The molecule has 0 N–H and O–H groups in total. The summed E-state index contributed by atoms with van der Waals surface area (Å²) in [5.74, 6) is -0.725. The highest BCUT2D eigenvalue weighted by molar-refractivity contribution is 7.91. The van der Waals surface area contributed by atoms with E-state index < -0.39 is 15.7 Å². The molecule has 0 unspecified atom stereocenters. The maximum Gasteiger partial charge on any atom is 0.263 e. The van der Waals surface area contributed by atoms with E-state index in [0.717, 1.165) is 0 Å². The molecule has 1 atom stereocenters. The average Bonchev–Trinajstić information content (AvgIpc) is 2.84. The van der Waals surface area contributed by atoms with Crippen LogP contribution in [-0.2, 0) is 19.5 Å². The molecule has 6 nitrogen and oxygen atoms in total. The minimum atomic E-state index is -3.05. The lowest BCUT2D eigenvalue weighted by molar-refractivity contribution is -0.136. The molecule has 1 heterocycles. The topological polar surface area (TPSA) is 76.0 Å². The van der Waals surface area contributed by atoms with Gasteiger partial charge in [-0.3, -0.25) is 4.79 Å². The highest BCUT2D eigenvalue weighted by atomic mass is 32.2. The summed E-state index contributed by atoms with van der Waals surface area (Å²) in [5.41, 5.74) is 0.255. The Bertz CT molecular complexity index is 675. The third kappa shape index (κ3) is 4.27. The predicted molar refractivity (Wildman–Crippen MR) is 79.8 cm³/mol. The van der Waals surface area contributed by atoms with Crippen LogP contribution in [0.4, 0.5) is 4.39 Å². The molecule has 0 bridgehead atoms. The Hall–Kier alpha value is -1.96. The fraction of sp³-hybridized carbons (Fsp3) is 0.429. The number of hydrogen-bond acceptors (Lipinski definition) is 5. The molecule has 8 heteroatoms. The van der Waals surface area contributed by atoms with E-state index in [1.54, 1.807) is 12.1 Å². The van der Waals surface area contributed by atoms with Crippen LogP contribution in [0, 0.1) is 5.82 Å². The normalized spacial score (nSPS) is 20.2. The number of carbonyl (C=O) groups is 1. The first kappa shape index (κ1) is 16.4. The minimum absolute atomic E-state index is 0.0201. The third-order valence-corrected chi connectivity index (χ3v) is 5.26. The average molecular weight is 328 g/mol. The van der Waals surface area contributed by atoms with Gasteiger partial charge in [0.2, 0.25) is 0 Å². The van der Waals surface area contributed by atoms with E-state index in [9.17, 15) is 17.6 Å². The van der Waals surface area contributed by atoms with Crippen molar-refractivity contribution in [3.63, 3.8) is 0 Å². The number of hydrogen-bond donors (Lipinski definition) is 0. The SMILES string of the molecule is CN(C(=O)CO/N=C\c1ccccc1F)[C@@H]1CCS(=O)(=O)C1. The van der Waals surface area contributed by atoms with Gasteiger partial charge in [-0.2, -0.15) is 0 Å². The maximum atomic E-state index is 13.3. The van der Waals surface area contributed by atoms with Crippen molar-refractivity contribution in [2.24, 2.45) is 5.16 Å². The molecule has 0 spiro atoms. The van der Waals surface area contributed by atoms with Crippen molar-refractivity contribution in [2.45, 2.75) is 12.5 Å². The first-order valence-electron chi connectivity index (χ1n) is 6.75. The fourth-order valence-electron chi connectivity index (χ4n) is 2.15. The second-order valence-electron chi connectivity index (χ2n) is 5.09. The number of likely N-dealkylation sites (N-methyl/N-ethyl adjacent to an activating group) is 1. The highest BCUT2D eigenvalue weighted by Gasteiger charge is 2.32. The Morgan fingerprint density at radius 3 is 2.86 bits per heavy atom. The molecular weight excluding hydrogens is 311 g/mol. The first-order chi connectivity index (χ1) is 10.4. The molecule has 1 aliphatic rings. The van der Waals surface area contributed by atoms with Gasteiger partial charge in [0.05, 0.1) is 17.7 Å². The summed E-state index contributed by atoms with van der Waals surface area (Å²) in [6.07, 6.45) is 1.62. The van der Waals surface area contributed by atoms with Crippen LogP contribution < -0.4 is 0 Å². The second kappa shape index (κ2) is 6.87. The number of carbonyl (C=O) groups excluding carboxylic acids is 1. The standard InChI is InChI=1S/C14H17FN2O4S/c1-17(12-6-7-22(19,20)10-12)14(18)9-21-16-8-11-4-2-3-5-13(11)15/h2-5,8,12H,6-7,9-10H2,1H3/b16-8-/t12-/m1/s1. The number of halogens is 1. The lowest BCUT2D eigenvalue weighted by Gasteiger charge is -2.22. The zero-order chi connectivity index (χ0) is 16.2. The smallest absolute Gasteiger partial charge is 0.263 e. The van der Waals surface area contributed by atoms with Gasteiger partial charge < -0.3 is 9.74 Å². The van der Waals surface area contributed by atoms with Crippen molar-refractivity contribution < 1.29 is 22.4 Å². The van der Waals surface area contributed by atoms with E-state index in [1.165, 1.54) is 30.3 Å². The van der Waals surface area contributed by atoms with Crippen molar-refractivity contribution in [3.8, 4) is 0 Å². The Morgan fingerprint density at radius 1 is 1.50 bits per heavy atom. The first-order valence-corrected chi connectivity index (χ1v) is 8.57. The molecule has 0 aliphatic carbocycles. The number of rotatable bonds is 5. The fourth-order valence-corrected chi connectivity index (χ4v) is 3.93. The lowest BCUT2D eigenvalue weighted by Crippen LogP contribution is -2.39. The lowest BCUT2D eigenvalue weighted by atomic mass is 10.2. The monoisotopic (exact) mass is 328 g/mol. The molecule has 1 amide bonds. The van der Waals surface area contributed by atoms with Crippen LogP contribution in [0.2, 0.25) is 0 Å². The van der Waals surface area contributed by atoms with Crippen molar-refractivity contribution in [2.75, 3.05) is 25.2 Å². The van der Waals surface area contributed by atoms with E-state index in [2.05, 4.69) is 5.16 Å². The molecule has 1 aliphatic heterocycles. The Kier molecular flexibility index (Phi) is 5.12. The van der Waals surface area contributed by atoms with Crippen molar-refractivity contribution >= 4 is 22.0 Å². The molecule has 0 saturated carbocycles. The Labute approximate surface area is 128 Å². The van der Waals surface area contributed by atoms with E-state index in [4.69, 9.17) is 4.84 Å². The van der Waals surface area contributed by atoms with Crippen molar-refractivity contribution in [1.29, 1.82) is 0 Å². The quantitative estimate of drug-likeness (QED) is 0.592. The number of amides is 1. The van der Waals surface area contributed by atoms with E-state index >= 15 is 0 Å². The summed E-state index contributed by atoms with van der Waals surface area (Å²) in [6, 6.07) is 5.71. The van der Waals surface area contributed by atoms with E-state index in [0.29, 0.717) is 6.42 Å². The molecule has 1 aromatic rings. The summed E-state index contributed by atoms with van der Waals surface area (Å²) in [4.78, 5) is 18.1. The Balaban J connectivity index is 1.82. The summed E-state index contributed by atoms with van der Waals surface area (Å²) < 4.78 is 36.1. The Morgan fingerprint density at radius 2 is 2.23 bits per heavy atom. The van der Waals surface area contributed by atoms with E-state index in [1.807, 2.05) is 0 Å². The van der Waals surface area contributed by atoms with Gasteiger partial charge in [0.15, 0.2) is 16.4 Å². The van der Waals surface area contributed by atoms with Gasteiger partial charge in [-0.25, -0.2) is 12.8 Å². The van der Waals surface area contributed by atoms with Gasteiger partial charge in [0.25, 0.3) is 5.91 Å². The van der Waals surface area contributed by atoms with Crippen LogP contribution in [0.5, 0.6) is 0 Å².